The predicted octanol–water partition coefficient (Wildman–Crippen LogP) is 1.49. The van der Waals surface area contributed by atoms with Crippen LogP contribution in [0.3, 0.4) is 0 Å². The summed E-state index contributed by atoms with van der Waals surface area (Å²) < 4.78 is 56.7. The number of hydrogen-bond donors (Lipinski definition) is 3. The molecule has 0 saturated carbocycles. The number of halogens is 1. The summed E-state index contributed by atoms with van der Waals surface area (Å²) >= 11 is 5.99. The fraction of sp³-hybridized carbons (Fsp3) is 0.125. The molecule has 27 heavy (non-hydrogen) atoms. The molecule has 0 bridgehead atoms. The maximum Gasteiger partial charge on any atom is 0.244 e. The average Bonchev–Trinajstić information content (AvgIpc) is 2.59. The van der Waals surface area contributed by atoms with E-state index in [9.17, 15) is 16.8 Å². The van der Waals surface area contributed by atoms with Gasteiger partial charge >= 0.3 is 0 Å². The number of para-hydroxylation sites is 1. The first-order chi connectivity index (χ1) is 12.6. The molecule has 0 aromatic heterocycles. The molecule has 142 valence electrons. The van der Waals surface area contributed by atoms with Gasteiger partial charge in [-0.1, -0.05) is 29.8 Å². The molecule has 2 aliphatic rings. The minimum Gasteiger partial charge on any atom is -0.488 e. The lowest BCUT2D eigenvalue weighted by molar-refractivity contribution is 0.338. The van der Waals surface area contributed by atoms with E-state index in [4.69, 9.17) is 21.5 Å². The first kappa shape index (κ1) is 18.3. The highest BCUT2D eigenvalue weighted by Crippen LogP contribution is 2.35. The van der Waals surface area contributed by atoms with Gasteiger partial charge in [0.1, 0.15) is 28.3 Å². The van der Waals surface area contributed by atoms with Gasteiger partial charge in [0.25, 0.3) is 0 Å². The molecule has 4 N–H and O–H groups in total. The van der Waals surface area contributed by atoms with Crippen LogP contribution in [0.2, 0.25) is 5.02 Å². The van der Waals surface area contributed by atoms with Crippen LogP contribution < -0.4 is 19.9 Å². The van der Waals surface area contributed by atoms with Crippen LogP contribution in [0.15, 0.2) is 51.8 Å². The SMILES string of the molecule is NS(=O)(=O)c1cc2c(cc1Cl)N[C@H](C1=Cc3ccccc3OC1)NS2(=O)=O. The Bertz CT molecular complexity index is 1190. The number of ether oxygens (including phenoxy) is 1. The Morgan fingerprint density at radius 3 is 2.70 bits per heavy atom. The Hall–Kier alpha value is -2.11. The van der Waals surface area contributed by atoms with E-state index in [1.807, 2.05) is 30.3 Å². The average molecular weight is 428 g/mol. The van der Waals surface area contributed by atoms with Crippen molar-refractivity contribution in [1.82, 2.24) is 4.72 Å². The van der Waals surface area contributed by atoms with E-state index in [1.165, 1.54) is 6.07 Å². The highest BCUT2D eigenvalue weighted by atomic mass is 35.5. The molecule has 11 heteroatoms. The summed E-state index contributed by atoms with van der Waals surface area (Å²) in [6, 6.07) is 9.56. The number of primary sulfonamides is 1. The maximum absolute atomic E-state index is 12.7. The molecule has 1 atom stereocenters. The van der Waals surface area contributed by atoms with Crippen LogP contribution in [0.4, 0.5) is 5.69 Å². The molecule has 0 amide bonds. The molecular weight excluding hydrogens is 414 g/mol. The zero-order valence-corrected chi connectivity index (χ0v) is 16.0. The van der Waals surface area contributed by atoms with Crippen molar-refractivity contribution < 1.29 is 21.6 Å². The number of fused-ring (bicyclic) bond motifs is 2. The van der Waals surface area contributed by atoms with Crippen LogP contribution in [0, 0.1) is 0 Å². The van der Waals surface area contributed by atoms with Gasteiger partial charge in [-0.3, -0.25) is 0 Å². The van der Waals surface area contributed by atoms with Crippen LogP contribution in [0.25, 0.3) is 6.08 Å². The van der Waals surface area contributed by atoms with Gasteiger partial charge in [0.15, 0.2) is 0 Å². The minimum absolute atomic E-state index is 0.168. The molecule has 0 spiro atoms. The topological polar surface area (TPSA) is 128 Å². The zero-order valence-electron chi connectivity index (χ0n) is 13.6. The number of hydrogen-bond acceptors (Lipinski definition) is 6. The van der Waals surface area contributed by atoms with Gasteiger partial charge < -0.3 is 10.1 Å². The lowest BCUT2D eigenvalue weighted by Gasteiger charge is -2.31. The number of anilines is 1. The van der Waals surface area contributed by atoms with E-state index in [2.05, 4.69) is 10.0 Å². The molecule has 4 rings (SSSR count). The van der Waals surface area contributed by atoms with Crippen LogP contribution in [0.1, 0.15) is 5.56 Å². The van der Waals surface area contributed by atoms with Crippen LogP contribution >= 0.6 is 11.6 Å². The lowest BCUT2D eigenvalue weighted by atomic mass is 10.1. The molecule has 0 unspecified atom stereocenters. The Kier molecular flexibility index (Phi) is 4.20. The van der Waals surface area contributed by atoms with E-state index < -0.39 is 31.1 Å². The molecule has 2 heterocycles. The van der Waals surface area contributed by atoms with Crippen LogP contribution in [-0.4, -0.2) is 29.6 Å². The Morgan fingerprint density at radius 2 is 1.96 bits per heavy atom. The van der Waals surface area contributed by atoms with Crippen molar-refractivity contribution in [2.24, 2.45) is 5.14 Å². The van der Waals surface area contributed by atoms with E-state index in [0.717, 1.165) is 11.6 Å². The van der Waals surface area contributed by atoms with E-state index in [-0.39, 0.29) is 22.2 Å². The molecule has 0 radical (unpaired) electrons. The molecule has 8 nitrogen and oxygen atoms in total. The second-order valence-electron chi connectivity index (χ2n) is 6.07. The summed E-state index contributed by atoms with van der Waals surface area (Å²) in [5, 5.41) is 7.94. The van der Waals surface area contributed by atoms with Crippen molar-refractivity contribution in [3.05, 3.63) is 52.6 Å². The maximum atomic E-state index is 12.7. The Balaban J connectivity index is 1.77. The molecule has 0 fully saturated rings. The molecular formula is C16H14ClN3O5S2. The van der Waals surface area contributed by atoms with Gasteiger partial charge in [0.05, 0.1) is 10.7 Å². The Morgan fingerprint density at radius 1 is 1.22 bits per heavy atom. The summed E-state index contributed by atoms with van der Waals surface area (Å²) in [5.41, 5.74) is 1.67. The van der Waals surface area contributed by atoms with Crippen LogP contribution in [0.5, 0.6) is 5.75 Å². The number of rotatable bonds is 2. The van der Waals surface area contributed by atoms with Gasteiger partial charge in [0, 0.05) is 11.1 Å². The number of nitrogens with two attached hydrogens (primary N) is 1. The zero-order chi connectivity index (χ0) is 19.4. The molecule has 0 saturated heterocycles. The van der Waals surface area contributed by atoms with Gasteiger partial charge in [0.2, 0.25) is 20.0 Å². The summed E-state index contributed by atoms with van der Waals surface area (Å²) in [4.78, 5) is -0.701. The van der Waals surface area contributed by atoms with Crippen LogP contribution in [-0.2, 0) is 20.0 Å². The minimum atomic E-state index is -4.17. The normalized spacial score (nSPS) is 20.5. The van der Waals surface area contributed by atoms with Gasteiger partial charge in [-0.15, -0.1) is 0 Å². The van der Waals surface area contributed by atoms with Crippen molar-refractivity contribution >= 4 is 43.4 Å². The van der Waals surface area contributed by atoms with Crippen molar-refractivity contribution in [2.75, 3.05) is 11.9 Å². The van der Waals surface area contributed by atoms with E-state index in [1.54, 1.807) is 0 Å². The highest BCUT2D eigenvalue weighted by Gasteiger charge is 2.34. The second-order valence-corrected chi connectivity index (χ2v) is 9.69. The first-order valence-corrected chi connectivity index (χ1v) is 11.1. The van der Waals surface area contributed by atoms with Gasteiger partial charge in [-0.05, 0) is 24.3 Å². The largest absolute Gasteiger partial charge is 0.488 e. The molecule has 2 aromatic carbocycles. The van der Waals surface area contributed by atoms with E-state index >= 15 is 0 Å². The molecule has 0 aliphatic carbocycles. The first-order valence-electron chi connectivity index (χ1n) is 7.73. The third-order valence-electron chi connectivity index (χ3n) is 4.23. The summed E-state index contributed by atoms with van der Waals surface area (Å²) in [5.74, 6) is 0.709. The fourth-order valence-electron chi connectivity index (χ4n) is 2.96. The quantitative estimate of drug-likeness (QED) is 0.666. The number of nitrogens with one attached hydrogen (secondary N) is 2. The molecule has 2 aromatic rings. The van der Waals surface area contributed by atoms with Crippen molar-refractivity contribution in [2.45, 2.75) is 16.0 Å². The monoisotopic (exact) mass is 427 g/mol. The molecule has 2 aliphatic heterocycles. The third-order valence-corrected chi connectivity index (χ3v) is 7.07. The highest BCUT2D eigenvalue weighted by molar-refractivity contribution is 7.90. The predicted molar refractivity (Wildman–Crippen MR) is 100 cm³/mol. The van der Waals surface area contributed by atoms with Crippen molar-refractivity contribution in [3.63, 3.8) is 0 Å². The third kappa shape index (κ3) is 3.30. The van der Waals surface area contributed by atoms with Crippen molar-refractivity contribution in [1.29, 1.82) is 0 Å². The second kappa shape index (κ2) is 6.21. The summed E-state index contributed by atoms with van der Waals surface area (Å²) in [6.07, 6.45) is 1.07. The smallest absolute Gasteiger partial charge is 0.244 e. The van der Waals surface area contributed by atoms with Gasteiger partial charge in [-0.25, -0.2) is 22.0 Å². The standard InChI is InChI=1S/C16H14ClN3O5S2/c17-11-6-12-15(7-14(11)26(18,21)22)27(23,24)20-16(19-12)10-5-9-3-1-2-4-13(9)25-8-10/h1-7,16,19-20H,8H2,(H2,18,21,22)/t16-/m0/s1. The summed E-state index contributed by atoms with van der Waals surface area (Å²) in [7, 11) is -8.17. The lowest BCUT2D eigenvalue weighted by Crippen LogP contribution is -2.47. The van der Waals surface area contributed by atoms with Crippen molar-refractivity contribution in [3.8, 4) is 5.75 Å². The van der Waals surface area contributed by atoms with Gasteiger partial charge in [-0.2, -0.15) is 4.72 Å². The Labute approximate surface area is 161 Å². The number of benzene rings is 2. The number of sulfonamides is 2. The summed E-state index contributed by atoms with van der Waals surface area (Å²) in [6.45, 7) is 0.190. The fourth-order valence-corrected chi connectivity index (χ4v) is 5.46. The van der Waals surface area contributed by atoms with E-state index in [0.29, 0.717) is 11.3 Å².